The fourth-order valence-electron chi connectivity index (χ4n) is 4.35. The largest absolute Gasteiger partial charge is 0.447 e. The minimum Gasteiger partial charge on any atom is -0.447 e. The molecule has 36 heavy (non-hydrogen) atoms. The third-order valence-electron chi connectivity index (χ3n) is 6.32. The van der Waals surface area contributed by atoms with E-state index in [1.807, 2.05) is 0 Å². The van der Waals surface area contributed by atoms with E-state index in [2.05, 4.69) is 25.6 Å². The van der Waals surface area contributed by atoms with Crippen molar-refractivity contribution in [3.8, 4) is 11.3 Å². The van der Waals surface area contributed by atoms with E-state index in [4.69, 9.17) is 21.1 Å². The average molecular weight is 517 g/mol. The molecule has 4 rings (SSSR count). The smallest absolute Gasteiger partial charge is 0.410 e. The number of hydrogen-bond donors (Lipinski definition) is 2. The molecule has 0 radical (unpaired) electrons. The number of ether oxygens (including phenoxy) is 2. The molecular formula is C25H33ClN6O4. The normalized spacial score (nSPS) is 18.7. The van der Waals surface area contributed by atoms with Gasteiger partial charge in [-0.05, 0) is 51.5 Å². The standard InChI is InChI=1S/C25H33ClN6O4/c1-16(2)36-25(34)32-7-3-4-18(15-32)24(33)31-22-10-19(20(26)12-29-22)21-13-27-14-23(30-21)28-11-17-5-8-35-9-6-17/h10,12-14,16-18H,3-9,11,15H2,1-2H3,(H,28,30)(H,29,31,33). The molecule has 0 saturated carbocycles. The molecule has 10 nitrogen and oxygen atoms in total. The molecule has 2 fully saturated rings. The van der Waals surface area contributed by atoms with Gasteiger partial charge in [-0.2, -0.15) is 0 Å². The first kappa shape index (κ1) is 26.1. The van der Waals surface area contributed by atoms with Crippen molar-refractivity contribution in [3.63, 3.8) is 0 Å². The number of amides is 2. The summed E-state index contributed by atoms with van der Waals surface area (Å²) >= 11 is 6.43. The van der Waals surface area contributed by atoms with E-state index in [-0.39, 0.29) is 17.9 Å². The maximum absolute atomic E-state index is 13.0. The summed E-state index contributed by atoms with van der Waals surface area (Å²) in [6.45, 7) is 6.88. The number of likely N-dealkylation sites (tertiary alicyclic amines) is 1. The zero-order valence-corrected chi connectivity index (χ0v) is 21.5. The zero-order chi connectivity index (χ0) is 25.5. The number of rotatable bonds is 7. The van der Waals surface area contributed by atoms with Gasteiger partial charge < -0.3 is 25.0 Å². The second-order valence-corrected chi connectivity index (χ2v) is 9.89. The highest BCUT2D eigenvalue weighted by atomic mass is 35.5. The second kappa shape index (κ2) is 12.3. The van der Waals surface area contributed by atoms with E-state index < -0.39 is 6.09 Å². The fraction of sp³-hybridized carbons (Fsp3) is 0.560. The van der Waals surface area contributed by atoms with Crippen molar-refractivity contribution in [2.75, 3.05) is 43.5 Å². The SMILES string of the molecule is CC(C)OC(=O)N1CCCC(C(=O)Nc2cc(-c3cncc(NCC4CCOCC4)n3)c(Cl)cn2)C1. The first-order valence-electron chi connectivity index (χ1n) is 12.4. The quantitative estimate of drug-likeness (QED) is 0.561. The van der Waals surface area contributed by atoms with Gasteiger partial charge in [-0.1, -0.05) is 11.6 Å². The van der Waals surface area contributed by atoms with E-state index in [9.17, 15) is 9.59 Å². The van der Waals surface area contributed by atoms with Crippen LogP contribution in [0.4, 0.5) is 16.4 Å². The number of nitrogens with zero attached hydrogens (tertiary/aromatic N) is 4. The zero-order valence-electron chi connectivity index (χ0n) is 20.7. The lowest BCUT2D eigenvalue weighted by molar-refractivity contribution is -0.121. The molecule has 1 atom stereocenters. The van der Waals surface area contributed by atoms with Gasteiger partial charge in [0.2, 0.25) is 5.91 Å². The third kappa shape index (κ3) is 7.04. The molecule has 0 aliphatic carbocycles. The van der Waals surface area contributed by atoms with Gasteiger partial charge in [0.1, 0.15) is 11.6 Å². The van der Waals surface area contributed by atoms with Crippen molar-refractivity contribution in [3.05, 3.63) is 29.7 Å². The van der Waals surface area contributed by atoms with E-state index in [0.29, 0.717) is 53.3 Å². The number of aromatic nitrogens is 3. The maximum atomic E-state index is 13.0. The first-order chi connectivity index (χ1) is 17.4. The summed E-state index contributed by atoms with van der Waals surface area (Å²) in [6.07, 6.45) is 7.67. The molecule has 2 N–H and O–H groups in total. The van der Waals surface area contributed by atoms with Crippen molar-refractivity contribution in [1.82, 2.24) is 19.9 Å². The monoisotopic (exact) mass is 516 g/mol. The molecule has 0 bridgehead atoms. The summed E-state index contributed by atoms with van der Waals surface area (Å²) in [7, 11) is 0. The van der Waals surface area contributed by atoms with E-state index in [1.165, 1.54) is 6.20 Å². The summed E-state index contributed by atoms with van der Waals surface area (Å²) < 4.78 is 10.7. The Bertz CT molecular complexity index is 1060. The van der Waals surface area contributed by atoms with Crippen LogP contribution >= 0.6 is 11.6 Å². The molecule has 2 saturated heterocycles. The van der Waals surface area contributed by atoms with Gasteiger partial charge >= 0.3 is 6.09 Å². The molecular weight excluding hydrogens is 484 g/mol. The van der Waals surface area contributed by atoms with Crippen LogP contribution in [0.1, 0.15) is 39.5 Å². The Morgan fingerprint density at radius 3 is 2.78 bits per heavy atom. The number of anilines is 2. The predicted molar refractivity (Wildman–Crippen MR) is 137 cm³/mol. The molecule has 2 aliphatic heterocycles. The van der Waals surface area contributed by atoms with E-state index >= 15 is 0 Å². The highest BCUT2D eigenvalue weighted by Crippen LogP contribution is 2.29. The number of pyridine rings is 1. The Morgan fingerprint density at radius 1 is 1.19 bits per heavy atom. The lowest BCUT2D eigenvalue weighted by Crippen LogP contribution is -2.44. The summed E-state index contributed by atoms with van der Waals surface area (Å²) in [5.74, 6) is 1.02. The van der Waals surface area contributed by atoms with Crippen LogP contribution < -0.4 is 10.6 Å². The number of carbonyl (C=O) groups excluding carboxylic acids is 2. The summed E-state index contributed by atoms with van der Waals surface area (Å²) in [4.78, 5) is 40.1. The lowest BCUT2D eigenvalue weighted by Gasteiger charge is -2.31. The Labute approximate surface area is 216 Å². The first-order valence-corrected chi connectivity index (χ1v) is 12.8. The van der Waals surface area contributed by atoms with Gasteiger partial charge in [-0.3, -0.25) is 9.78 Å². The molecule has 11 heteroatoms. The van der Waals surface area contributed by atoms with Gasteiger partial charge in [0.15, 0.2) is 0 Å². The van der Waals surface area contributed by atoms with Crippen LogP contribution in [0.25, 0.3) is 11.3 Å². The molecule has 1 unspecified atom stereocenters. The van der Waals surface area contributed by atoms with Crippen LogP contribution in [0.5, 0.6) is 0 Å². The van der Waals surface area contributed by atoms with E-state index in [1.54, 1.807) is 37.2 Å². The van der Waals surface area contributed by atoms with Crippen molar-refractivity contribution in [2.45, 2.75) is 45.6 Å². The third-order valence-corrected chi connectivity index (χ3v) is 6.62. The maximum Gasteiger partial charge on any atom is 0.410 e. The lowest BCUT2D eigenvalue weighted by atomic mass is 9.97. The van der Waals surface area contributed by atoms with Crippen molar-refractivity contribution in [1.29, 1.82) is 0 Å². The summed E-state index contributed by atoms with van der Waals surface area (Å²) in [5.41, 5.74) is 1.20. The minimum absolute atomic E-state index is 0.198. The molecule has 2 aliphatic rings. The number of nitrogens with one attached hydrogen (secondary N) is 2. The average Bonchev–Trinajstić information content (AvgIpc) is 2.89. The summed E-state index contributed by atoms with van der Waals surface area (Å²) in [5, 5.41) is 6.63. The Balaban J connectivity index is 1.40. The van der Waals surface area contributed by atoms with Crippen LogP contribution in [0.15, 0.2) is 24.7 Å². The van der Waals surface area contributed by atoms with Crippen LogP contribution in [0.3, 0.4) is 0 Å². The molecule has 4 heterocycles. The van der Waals surface area contributed by atoms with Gasteiger partial charge in [-0.25, -0.2) is 14.8 Å². The van der Waals surface area contributed by atoms with Gasteiger partial charge in [0, 0.05) is 44.6 Å². The summed E-state index contributed by atoms with van der Waals surface area (Å²) in [6, 6.07) is 1.69. The molecule has 0 aromatic carbocycles. The van der Waals surface area contributed by atoms with Crippen LogP contribution in [-0.2, 0) is 14.3 Å². The topological polar surface area (TPSA) is 119 Å². The van der Waals surface area contributed by atoms with Crippen molar-refractivity contribution in [2.24, 2.45) is 11.8 Å². The Kier molecular flexibility index (Phi) is 8.93. The molecule has 2 amide bonds. The van der Waals surface area contributed by atoms with Gasteiger partial charge in [0.25, 0.3) is 0 Å². The molecule has 2 aromatic rings. The minimum atomic E-state index is -0.390. The number of hydrogen-bond acceptors (Lipinski definition) is 8. The highest BCUT2D eigenvalue weighted by Gasteiger charge is 2.30. The van der Waals surface area contributed by atoms with Crippen molar-refractivity contribution < 1.29 is 19.1 Å². The highest BCUT2D eigenvalue weighted by molar-refractivity contribution is 6.33. The number of carbonyl (C=O) groups is 2. The number of halogens is 1. The molecule has 194 valence electrons. The predicted octanol–water partition coefficient (Wildman–Crippen LogP) is 4.23. The van der Waals surface area contributed by atoms with Gasteiger partial charge in [0.05, 0.1) is 35.1 Å². The second-order valence-electron chi connectivity index (χ2n) is 9.48. The fourth-order valence-corrected chi connectivity index (χ4v) is 4.55. The Morgan fingerprint density at radius 2 is 2.00 bits per heavy atom. The number of piperidine rings is 1. The van der Waals surface area contributed by atoms with Crippen LogP contribution in [0, 0.1) is 11.8 Å². The van der Waals surface area contributed by atoms with Gasteiger partial charge in [-0.15, -0.1) is 0 Å². The Hall–Kier alpha value is -2.98. The molecule has 2 aromatic heterocycles. The van der Waals surface area contributed by atoms with Crippen molar-refractivity contribution >= 4 is 35.2 Å². The van der Waals surface area contributed by atoms with E-state index in [0.717, 1.165) is 39.0 Å². The van der Waals surface area contributed by atoms with Crippen LogP contribution in [0.2, 0.25) is 5.02 Å². The molecule has 0 spiro atoms. The van der Waals surface area contributed by atoms with Crippen LogP contribution in [-0.4, -0.2) is 70.8 Å².